The molecule has 0 unspecified atom stereocenters. The Labute approximate surface area is 157 Å². The Bertz CT molecular complexity index is 856. The van der Waals surface area contributed by atoms with Gasteiger partial charge in [0.15, 0.2) is 0 Å². The third-order valence-electron chi connectivity index (χ3n) is 4.29. The molecule has 0 radical (unpaired) electrons. The van der Waals surface area contributed by atoms with Gasteiger partial charge in [0.2, 0.25) is 0 Å². The number of anilines is 1. The van der Waals surface area contributed by atoms with Crippen LogP contribution in [0.15, 0.2) is 54.1 Å². The maximum Gasteiger partial charge on any atom is 0.261 e. The van der Waals surface area contributed by atoms with Crippen molar-refractivity contribution < 1.29 is 18.7 Å². The van der Waals surface area contributed by atoms with Gasteiger partial charge in [-0.25, -0.2) is 4.39 Å². The SMILES string of the molecule is Cc1ccc(NC(=O)/C(=C\c2ccccc2F)C(=O)N2CCOCC2)cc1. The third-order valence-corrected chi connectivity index (χ3v) is 4.29. The van der Waals surface area contributed by atoms with Gasteiger partial charge < -0.3 is 15.0 Å². The van der Waals surface area contributed by atoms with E-state index in [-0.39, 0.29) is 11.1 Å². The highest BCUT2D eigenvalue weighted by Crippen LogP contribution is 2.17. The third kappa shape index (κ3) is 4.80. The standard InChI is InChI=1S/C21H21FN2O3/c1-15-6-8-17(9-7-15)23-20(25)18(14-16-4-2-3-5-19(16)22)21(26)24-10-12-27-13-11-24/h2-9,14H,10-13H2,1H3,(H,23,25)/b18-14+. The predicted molar refractivity (Wildman–Crippen MR) is 102 cm³/mol. The number of ether oxygens (including phenoxy) is 1. The van der Waals surface area contributed by atoms with Crippen LogP contribution >= 0.6 is 0 Å². The van der Waals surface area contributed by atoms with Crippen LogP contribution in [-0.4, -0.2) is 43.0 Å². The largest absolute Gasteiger partial charge is 0.378 e. The molecule has 1 heterocycles. The number of morpholine rings is 1. The Hall–Kier alpha value is -2.99. The first-order valence-electron chi connectivity index (χ1n) is 8.76. The van der Waals surface area contributed by atoms with Gasteiger partial charge in [-0.15, -0.1) is 0 Å². The molecule has 140 valence electrons. The molecule has 1 fully saturated rings. The molecule has 1 saturated heterocycles. The minimum Gasteiger partial charge on any atom is -0.378 e. The molecule has 2 aromatic carbocycles. The summed E-state index contributed by atoms with van der Waals surface area (Å²) in [5.41, 5.74) is 1.70. The number of benzene rings is 2. The number of aryl methyl sites for hydroxylation is 1. The van der Waals surface area contributed by atoms with Gasteiger partial charge >= 0.3 is 0 Å². The summed E-state index contributed by atoms with van der Waals surface area (Å²) in [5.74, 6) is -1.50. The molecule has 0 atom stereocenters. The Morgan fingerprint density at radius 2 is 1.74 bits per heavy atom. The van der Waals surface area contributed by atoms with Crippen LogP contribution < -0.4 is 5.32 Å². The summed E-state index contributed by atoms with van der Waals surface area (Å²) in [6.45, 7) is 3.56. The summed E-state index contributed by atoms with van der Waals surface area (Å²) >= 11 is 0. The number of amides is 2. The van der Waals surface area contributed by atoms with Crippen LogP contribution in [-0.2, 0) is 14.3 Å². The van der Waals surface area contributed by atoms with Gasteiger partial charge in [-0.3, -0.25) is 9.59 Å². The van der Waals surface area contributed by atoms with Crippen LogP contribution in [0.25, 0.3) is 6.08 Å². The van der Waals surface area contributed by atoms with E-state index in [4.69, 9.17) is 4.74 Å². The summed E-state index contributed by atoms with van der Waals surface area (Å²) in [5, 5.41) is 2.72. The number of hydrogen-bond acceptors (Lipinski definition) is 3. The fourth-order valence-corrected chi connectivity index (χ4v) is 2.74. The van der Waals surface area contributed by atoms with Crippen molar-refractivity contribution in [2.45, 2.75) is 6.92 Å². The Kier molecular flexibility index (Phi) is 5.98. The Morgan fingerprint density at radius 1 is 1.07 bits per heavy atom. The van der Waals surface area contributed by atoms with Crippen molar-refractivity contribution in [2.24, 2.45) is 0 Å². The van der Waals surface area contributed by atoms with E-state index in [0.717, 1.165) is 5.56 Å². The molecule has 27 heavy (non-hydrogen) atoms. The predicted octanol–water partition coefficient (Wildman–Crippen LogP) is 3.02. The molecular formula is C21H21FN2O3. The molecule has 6 heteroatoms. The number of carbonyl (C=O) groups is 2. The second-order valence-electron chi connectivity index (χ2n) is 6.30. The molecule has 0 spiro atoms. The zero-order valence-electron chi connectivity index (χ0n) is 15.1. The molecule has 3 rings (SSSR count). The van der Waals surface area contributed by atoms with Gasteiger partial charge in [0.25, 0.3) is 11.8 Å². The van der Waals surface area contributed by atoms with Crippen LogP contribution in [0.5, 0.6) is 0 Å². The number of hydrogen-bond donors (Lipinski definition) is 1. The molecule has 0 saturated carbocycles. The Balaban J connectivity index is 1.90. The molecule has 0 bridgehead atoms. The second-order valence-corrected chi connectivity index (χ2v) is 6.30. The number of halogens is 1. The van der Waals surface area contributed by atoms with Crippen molar-refractivity contribution in [1.82, 2.24) is 4.90 Å². The minimum absolute atomic E-state index is 0.109. The van der Waals surface area contributed by atoms with Crippen molar-refractivity contribution in [2.75, 3.05) is 31.6 Å². The first-order valence-corrected chi connectivity index (χ1v) is 8.76. The van der Waals surface area contributed by atoms with E-state index in [1.54, 1.807) is 29.2 Å². The quantitative estimate of drug-likeness (QED) is 0.513. The molecule has 1 aliphatic heterocycles. The van der Waals surface area contributed by atoms with Crippen molar-refractivity contribution in [3.63, 3.8) is 0 Å². The average molecular weight is 368 g/mol. The van der Waals surface area contributed by atoms with Gasteiger partial charge in [0.05, 0.1) is 13.2 Å². The van der Waals surface area contributed by atoms with E-state index >= 15 is 0 Å². The number of rotatable bonds is 4. The summed E-state index contributed by atoms with van der Waals surface area (Å²) in [6.07, 6.45) is 1.30. The van der Waals surface area contributed by atoms with Crippen molar-refractivity contribution in [3.05, 3.63) is 71.0 Å². The topological polar surface area (TPSA) is 58.6 Å². The van der Waals surface area contributed by atoms with Gasteiger partial charge in [0.1, 0.15) is 11.4 Å². The average Bonchev–Trinajstić information content (AvgIpc) is 2.69. The molecule has 1 aliphatic rings. The molecule has 0 aliphatic carbocycles. The smallest absolute Gasteiger partial charge is 0.261 e. The highest BCUT2D eigenvalue weighted by Gasteiger charge is 2.26. The van der Waals surface area contributed by atoms with Crippen molar-refractivity contribution >= 4 is 23.6 Å². The molecule has 0 aromatic heterocycles. The molecule has 2 amide bonds. The first-order chi connectivity index (χ1) is 13.0. The summed E-state index contributed by atoms with van der Waals surface area (Å²) in [4.78, 5) is 27.3. The van der Waals surface area contributed by atoms with E-state index in [1.807, 2.05) is 19.1 Å². The normalized spacial score (nSPS) is 14.7. The van der Waals surface area contributed by atoms with E-state index < -0.39 is 17.6 Å². The highest BCUT2D eigenvalue weighted by atomic mass is 19.1. The summed E-state index contributed by atoms with van der Waals surface area (Å²) in [7, 11) is 0. The van der Waals surface area contributed by atoms with Crippen LogP contribution in [0.2, 0.25) is 0 Å². The Morgan fingerprint density at radius 3 is 2.41 bits per heavy atom. The molecule has 5 nitrogen and oxygen atoms in total. The number of nitrogens with one attached hydrogen (secondary N) is 1. The lowest BCUT2D eigenvalue weighted by atomic mass is 10.1. The monoisotopic (exact) mass is 368 g/mol. The van der Waals surface area contributed by atoms with E-state index in [2.05, 4.69) is 5.32 Å². The molecule has 1 N–H and O–H groups in total. The lowest BCUT2D eigenvalue weighted by Gasteiger charge is -2.27. The van der Waals surface area contributed by atoms with E-state index in [1.165, 1.54) is 18.2 Å². The number of carbonyl (C=O) groups excluding carboxylic acids is 2. The second kappa shape index (κ2) is 8.60. The summed E-state index contributed by atoms with van der Waals surface area (Å²) in [6, 6.07) is 13.3. The fourth-order valence-electron chi connectivity index (χ4n) is 2.74. The van der Waals surface area contributed by atoms with Crippen LogP contribution in [0.1, 0.15) is 11.1 Å². The lowest BCUT2D eigenvalue weighted by Crippen LogP contribution is -2.43. The summed E-state index contributed by atoms with van der Waals surface area (Å²) < 4.78 is 19.3. The fraction of sp³-hybridized carbons (Fsp3) is 0.238. The van der Waals surface area contributed by atoms with Gasteiger partial charge in [-0.05, 0) is 31.2 Å². The maximum atomic E-state index is 14.1. The van der Waals surface area contributed by atoms with E-state index in [0.29, 0.717) is 32.0 Å². The van der Waals surface area contributed by atoms with E-state index in [9.17, 15) is 14.0 Å². The van der Waals surface area contributed by atoms with Gasteiger partial charge in [0, 0.05) is 24.3 Å². The number of nitrogens with zero attached hydrogens (tertiary/aromatic N) is 1. The minimum atomic E-state index is -0.571. The molecule has 2 aromatic rings. The zero-order chi connectivity index (χ0) is 19.2. The van der Waals surface area contributed by atoms with Gasteiger partial charge in [-0.2, -0.15) is 0 Å². The van der Waals surface area contributed by atoms with Crippen LogP contribution in [0.4, 0.5) is 10.1 Å². The lowest BCUT2D eigenvalue weighted by molar-refractivity contribution is -0.132. The van der Waals surface area contributed by atoms with Crippen LogP contribution in [0.3, 0.4) is 0 Å². The highest BCUT2D eigenvalue weighted by molar-refractivity contribution is 6.25. The van der Waals surface area contributed by atoms with Gasteiger partial charge in [-0.1, -0.05) is 35.9 Å². The molecular weight excluding hydrogens is 347 g/mol. The van der Waals surface area contributed by atoms with Crippen molar-refractivity contribution in [1.29, 1.82) is 0 Å². The zero-order valence-corrected chi connectivity index (χ0v) is 15.1. The van der Waals surface area contributed by atoms with Crippen LogP contribution in [0, 0.1) is 12.7 Å². The van der Waals surface area contributed by atoms with Crippen molar-refractivity contribution in [3.8, 4) is 0 Å². The first kappa shape index (κ1) is 18.8. The maximum absolute atomic E-state index is 14.1.